The number of phenolic OH excluding ortho intramolecular Hbond substituents is 2. The van der Waals surface area contributed by atoms with Crippen molar-refractivity contribution in [3.8, 4) is 28.7 Å². The fourth-order valence-corrected chi connectivity index (χ4v) is 3.82. The van der Waals surface area contributed by atoms with Crippen LogP contribution in [-0.4, -0.2) is 17.3 Å². The van der Waals surface area contributed by atoms with Crippen LogP contribution in [-0.2, 0) is 0 Å². The molecular weight excluding hydrogens is 372 g/mol. The Hall–Kier alpha value is -3.93. The molecule has 4 aromatic rings. The molecule has 1 atom stereocenters. The van der Waals surface area contributed by atoms with Crippen LogP contribution in [0.15, 0.2) is 69.9 Å². The molecule has 3 aromatic carbocycles. The lowest BCUT2D eigenvalue weighted by Gasteiger charge is -2.29. The summed E-state index contributed by atoms with van der Waals surface area (Å²) in [7, 11) is 1.57. The minimum Gasteiger partial charge on any atom is -0.504 e. The van der Waals surface area contributed by atoms with Crippen molar-refractivity contribution in [3.63, 3.8) is 0 Å². The third-order valence-corrected chi connectivity index (χ3v) is 5.19. The van der Waals surface area contributed by atoms with Gasteiger partial charge in [0.25, 0.3) is 0 Å². The quantitative estimate of drug-likeness (QED) is 0.342. The third kappa shape index (κ3) is 2.53. The molecule has 0 spiro atoms. The van der Waals surface area contributed by atoms with Gasteiger partial charge in [-0.2, -0.15) is 0 Å². The van der Waals surface area contributed by atoms with E-state index in [4.69, 9.17) is 13.9 Å². The number of hydrogen-bond acceptors (Lipinski definition) is 6. The van der Waals surface area contributed by atoms with Gasteiger partial charge < -0.3 is 24.1 Å². The topological polar surface area (TPSA) is 89.1 Å². The van der Waals surface area contributed by atoms with E-state index in [-0.39, 0.29) is 17.1 Å². The van der Waals surface area contributed by atoms with Crippen molar-refractivity contribution in [1.82, 2.24) is 0 Å². The Morgan fingerprint density at radius 2 is 1.69 bits per heavy atom. The van der Waals surface area contributed by atoms with Crippen molar-refractivity contribution in [1.29, 1.82) is 0 Å². The van der Waals surface area contributed by atoms with Crippen LogP contribution in [0.3, 0.4) is 0 Å². The van der Waals surface area contributed by atoms with E-state index >= 15 is 0 Å². The van der Waals surface area contributed by atoms with Gasteiger partial charge in [0.1, 0.15) is 22.8 Å². The first kappa shape index (κ1) is 17.2. The van der Waals surface area contributed by atoms with Crippen molar-refractivity contribution in [3.05, 3.63) is 87.8 Å². The van der Waals surface area contributed by atoms with Crippen LogP contribution < -0.4 is 15.1 Å². The van der Waals surface area contributed by atoms with Gasteiger partial charge in [0.05, 0.1) is 29.5 Å². The molecule has 1 aliphatic rings. The Labute approximate surface area is 165 Å². The number of methoxy groups -OCH3 is 1. The SMILES string of the molecule is COc1ccc(C2c3c(ccc(O)c3O)Oc3c2c(=O)oc2ccccc32)cc1. The molecule has 0 amide bonds. The van der Waals surface area contributed by atoms with Gasteiger partial charge in [0.15, 0.2) is 11.5 Å². The molecule has 2 heterocycles. The van der Waals surface area contributed by atoms with Gasteiger partial charge in [-0.05, 0) is 42.0 Å². The molecule has 0 fully saturated rings. The highest BCUT2D eigenvalue weighted by molar-refractivity contribution is 5.86. The molecule has 2 N–H and O–H groups in total. The monoisotopic (exact) mass is 388 g/mol. The van der Waals surface area contributed by atoms with Crippen LogP contribution in [0.4, 0.5) is 0 Å². The summed E-state index contributed by atoms with van der Waals surface area (Å²) in [6, 6.07) is 17.2. The van der Waals surface area contributed by atoms with Crippen LogP contribution in [0.5, 0.6) is 28.7 Å². The Bertz CT molecular complexity index is 1300. The van der Waals surface area contributed by atoms with Gasteiger partial charge >= 0.3 is 5.63 Å². The number of rotatable bonds is 2. The number of ether oxygens (including phenoxy) is 2. The van der Waals surface area contributed by atoms with E-state index in [9.17, 15) is 15.0 Å². The first-order valence-corrected chi connectivity index (χ1v) is 9.01. The molecular formula is C23H16O6. The summed E-state index contributed by atoms with van der Waals surface area (Å²) in [6.07, 6.45) is 0. The number of para-hydroxylation sites is 1. The van der Waals surface area contributed by atoms with Gasteiger partial charge in [0.2, 0.25) is 0 Å². The van der Waals surface area contributed by atoms with Gasteiger partial charge in [0, 0.05) is 0 Å². The van der Waals surface area contributed by atoms with Crippen LogP contribution in [0.2, 0.25) is 0 Å². The fraction of sp³-hybridized carbons (Fsp3) is 0.0870. The maximum atomic E-state index is 13.0. The van der Waals surface area contributed by atoms with E-state index < -0.39 is 11.5 Å². The standard InChI is InChI=1S/C23H16O6/c1-27-13-8-6-12(7-9-13)18-19-17(11-10-15(24)21(19)25)28-22-14-4-2-3-5-16(14)29-23(26)20(18)22/h2-11,18,24-25H,1H3. The van der Waals surface area contributed by atoms with Crippen molar-refractivity contribution < 1.29 is 24.1 Å². The Morgan fingerprint density at radius 3 is 2.45 bits per heavy atom. The zero-order valence-corrected chi connectivity index (χ0v) is 15.4. The van der Waals surface area contributed by atoms with Crippen molar-refractivity contribution >= 4 is 11.0 Å². The minimum atomic E-state index is -0.687. The number of hydrogen-bond donors (Lipinski definition) is 2. The molecule has 29 heavy (non-hydrogen) atoms. The molecule has 0 bridgehead atoms. The van der Waals surface area contributed by atoms with Crippen molar-refractivity contribution in [2.24, 2.45) is 0 Å². The van der Waals surface area contributed by atoms with Crippen molar-refractivity contribution in [2.75, 3.05) is 7.11 Å². The Morgan fingerprint density at radius 1 is 0.931 bits per heavy atom. The summed E-state index contributed by atoms with van der Waals surface area (Å²) in [5, 5.41) is 21.4. The van der Waals surface area contributed by atoms with Gasteiger partial charge in [-0.3, -0.25) is 0 Å². The molecule has 0 saturated heterocycles. The number of fused-ring (bicyclic) bond motifs is 4. The fourth-order valence-electron chi connectivity index (χ4n) is 3.82. The van der Waals surface area contributed by atoms with Gasteiger partial charge in [-0.25, -0.2) is 4.79 Å². The Kier molecular flexibility index (Phi) is 3.74. The summed E-state index contributed by atoms with van der Waals surface area (Å²) < 4.78 is 16.8. The van der Waals surface area contributed by atoms with E-state index in [0.29, 0.717) is 33.8 Å². The molecule has 1 aliphatic heterocycles. The average Bonchev–Trinajstić information content (AvgIpc) is 2.75. The van der Waals surface area contributed by atoms with Crippen LogP contribution in [0.1, 0.15) is 22.6 Å². The lowest BCUT2D eigenvalue weighted by molar-refractivity contribution is 0.382. The van der Waals surface area contributed by atoms with Crippen LogP contribution >= 0.6 is 0 Å². The molecule has 1 aromatic heterocycles. The zero-order valence-electron chi connectivity index (χ0n) is 15.4. The largest absolute Gasteiger partial charge is 0.504 e. The zero-order chi connectivity index (χ0) is 20.1. The maximum absolute atomic E-state index is 13.0. The molecule has 1 unspecified atom stereocenters. The van der Waals surface area contributed by atoms with Gasteiger partial charge in [-0.1, -0.05) is 24.3 Å². The van der Waals surface area contributed by atoms with Crippen LogP contribution in [0.25, 0.3) is 11.0 Å². The highest BCUT2D eigenvalue weighted by Gasteiger charge is 2.36. The lowest BCUT2D eigenvalue weighted by atomic mass is 9.82. The highest BCUT2D eigenvalue weighted by Crippen LogP contribution is 2.53. The molecule has 6 heteroatoms. The second-order valence-electron chi connectivity index (χ2n) is 6.78. The number of aromatic hydroxyl groups is 2. The maximum Gasteiger partial charge on any atom is 0.344 e. The summed E-state index contributed by atoms with van der Waals surface area (Å²) in [5.41, 5.74) is 1.15. The second kappa shape index (κ2) is 6.31. The first-order chi connectivity index (χ1) is 14.1. The first-order valence-electron chi connectivity index (χ1n) is 9.01. The average molecular weight is 388 g/mol. The highest BCUT2D eigenvalue weighted by atomic mass is 16.5. The molecule has 0 radical (unpaired) electrons. The number of phenols is 2. The summed E-state index contributed by atoms with van der Waals surface area (Å²) >= 11 is 0. The predicted molar refractivity (Wildman–Crippen MR) is 106 cm³/mol. The van der Waals surface area contributed by atoms with E-state index in [1.807, 2.05) is 12.1 Å². The molecule has 0 aliphatic carbocycles. The molecule has 5 rings (SSSR count). The second-order valence-corrected chi connectivity index (χ2v) is 6.78. The summed E-state index contributed by atoms with van der Waals surface area (Å²) in [6.45, 7) is 0. The molecule has 6 nitrogen and oxygen atoms in total. The normalized spacial score (nSPS) is 14.7. The third-order valence-electron chi connectivity index (χ3n) is 5.19. The molecule has 144 valence electrons. The van der Waals surface area contributed by atoms with E-state index in [1.165, 1.54) is 6.07 Å². The van der Waals surface area contributed by atoms with E-state index in [2.05, 4.69) is 0 Å². The predicted octanol–water partition coefficient (Wildman–Crippen LogP) is 4.50. The smallest absolute Gasteiger partial charge is 0.344 e. The van der Waals surface area contributed by atoms with E-state index in [0.717, 1.165) is 5.56 Å². The lowest BCUT2D eigenvalue weighted by Crippen LogP contribution is -2.20. The van der Waals surface area contributed by atoms with Gasteiger partial charge in [-0.15, -0.1) is 0 Å². The van der Waals surface area contributed by atoms with E-state index in [1.54, 1.807) is 49.6 Å². The molecule has 0 saturated carbocycles. The Balaban J connectivity index is 1.87. The number of benzene rings is 3. The van der Waals surface area contributed by atoms with Crippen LogP contribution in [0, 0.1) is 0 Å². The van der Waals surface area contributed by atoms with Crippen molar-refractivity contribution in [2.45, 2.75) is 5.92 Å². The minimum absolute atomic E-state index is 0.266. The summed E-state index contributed by atoms with van der Waals surface area (Å²) in [4.78, 5) is 13.0. The summed E-state index contributed by atoms with van der Waals surface area (Å²) in [5.74, 6) is 0.0974.